The van der Waals surface area contributed by atoms with E-state index in [-0.39, 0.29) is 17.5 Å². The van der Waals surface area contributed by atoms with Crippen LogP contribution in [0.4, 0.5) is 4.39 Å². The summed E-state index contributed by atoms with van der Waals surface area (Å²) in [7, 11) is 1.55. The largest absolute Gasteiger partial charge is 0.360 e. The molecule has 1 N–H and O–H groups in total. The minimum Gasteiger partial charge on any atom is -0.360 e. The van der Waals surface area contributed by atoms with Crippen LogP contribution in [0.3, 0.4) is 0 Å². The van der Waals surface area contributed by atoms with E-state index in [0.29, 0.717) is 23.1 Å². The van der Waals surface area contributed by atoms with Crippen LogP contribution in [0.1, 0.15) is 40.8 Å². The molecule has 0 bridgehead atoms. The number of aromatic amines is 1. The number of carbonyl (C=O) groups excluding carboxylic acids is 1. The third-order valence-corrected chi connectivity index (χ3v) is 4.21. The second kappa shape index (κ2) is 5.80. The van der Waals surface area contributed by atoms with Crippen LogP contribution in [0.15, 0.2) is 33.7 Å². The Morgan fingerprint density at radius 2 is 2.24 bits per heavy atom. The number of hydrogen-bond acceptors (Lipinski definition) is 5. The number of benzene rings is 1. The number of pyridine rings is 1. The van der Waals surface area contributed by atoms with Crippen LogP contribution in [0.25, 0.3) is 10.9 Å². The summed E-state index contributed by atoms with van der Waals surface area (Å²) >= 11 is 0. The van der Waals surface area contributed by atoms with Gasteiger partial charge in [-0.1, -0.05) is 5.16 Å². The van der Waals surface area contributed by atoms with Gasteiger partial charge < -0.3 is 14.4 Å². The Morgan fingerprint density at radius 3 is 3.00 bits per heavy atom. The highest BCUT2D eigenvalue weighted by atomic mass is 19.1. The normalized spacial score (nSPS) is 14.0. The van der Waals surface area contributed by atoms with E-state index in [1.54, 1.807) is 7.05 Å². The van der Waals surface area contributed by atoms with Gasteiger partial charge in [-0.25, -0.2) is 4.39 Å². The van der Waals surface area contributed by atoms with E-state index in [1.807, 2.05) is 0 Å². The molecule has 1 aromatic carbocycles. The van der Waals surface area contributed by atoms with Gasteiger partial charge in [0, 0.05) is 30.1 Å². The second-order valence-electron chi connectivity index (χ2n) is 6.21. The number of fused-ring (bicyclic) bond motifs is 1. The molecule has 0 unspecified atom stereocenters. The van der Waals surface area contributed by atoms with E-state index in [1.165, 1.54) is 23.2 Å². The Bertz CT molecular complexity index is 1020. The lowest BCUT2D eigenvalue weighted by Gasteiger charge is -2.14. The fourth-order valence-electron chi connectivity index (χ4n) is 2.67. The van der Waals surface area contributed by atoms with Gasteiger partial charge in [-0.3, -0.25) is 9.59 Å². The number of halogens is 1. The zero-order valence-corrected chi connectivity index (χ0v) is 13.5. The fourth-order valence-corrected chi connectivity index (χ4v) is 2.67. The molecular weight excluding hydrogens is 327 g/mol. The predicted molar refractivity (Wildman–Crippen MR) is 86.6 cm³/mol. The maximum Gasteiger partial charge on any atom is 0.259 e. The number of nitrogens with one attached hydrogen (secondary N) is 1. The molecule has 0 saturated heterocycles. The van der Waals surface area contributed by atoms with Crippen molar-refractivity contribution in [3.05, 3.63) is 57.7 Å². The summed E-state index contributed by atoms with van der Waals surface area (Å²) in [5, 5.41) is 4.00. The summed E-state index contributed by atoms with van der Waals surface area (Å²) in [6, 6.07) is 3.83. The molecule has 1 saturated carbocycles. The average molecular weight is 342 g/mol. The van der Waals surface area contributed by atoms with E-state index in [4.69, 9.17) is 4.52 Å². The van der Waals surface area contributed by atoms with Gasteiger partial charge in [-0.15, -0.1) is 0 Å². The first-order valence-electron chi connectivity index (χ1n) is 7.92. The van der Waals surface area contributed by atoms with Crippen molar-refractivity contribution >= 4 is 16.8 Å². The summed E-state index contributed by atoms with van der Waals surface area (Å²) in [5.41, 5.74) is -0.110. The zero-order valence-electron chi connectivity index (χ0n) is 13.5. The Balaban J connectivity index is 1.59. The molecule has 25 heavy (non-hydrogen) atoms. The molecule has 1 amide bonds. The van der Waals surface area contributed by atoms with Crippen LogP contribution >= 0.6 is 0 Å². The van der Waals surface area contributed by atoms with Gasteiger partial charge in [0.15, 0.2) is 5.82 Å². The van der Waals surface area contributed by atoms with Crippen molar-refractivity contribution in [2.24, 2.45) is 0 Å². The van der Waals surface area contributed by atoms with Gasteiger partial charge in [0.1, 0.15) is 11.4 Å². The molecule has 2 aromatic heterocycles. The number of nitrogens with zero attached hydrogens (tertiary/aromatic N) is 3. The summed E-state index contributed by atoms with van der Waals surface area (Å²) in [6.45, 7) is 0.121. The van der Waals surface area contributed by atoms with E-state index in [9.17, 15) is 14.0 Å². The van der Waals surface area contributed by atoms with Crippen molar-refractivity contribution in [2.45, 2.75) is 25.3 Å². The molecule has 7 nitrogen and oxygen atoms in total. The quantitative estimate of drug-likeness (QED) is 0.785. The maximum absolute atomic E-state index is 13.4. The Kier molecular flexibility index (Phi) is 3.60. The van der Waals surface area contributed by atoms with Crippen LogP contribution in [0.5, 0.6) is 0 Å². The Morgan fingerprint density at radius 1 is 1.44 bits per heavy atom. The topological polar surface area (TPSA) is 92.1 Å². The van der Waals surface area contributed by atoms with Gasteiger partial charge in [-0.05, 0) is 31.0 Å². The molecular formula is C17H15FN4O3. The number of H-pyrrole nitrogens is 1. The van der Waals surface area contributed by atoms with Gasteiger partial charge in [0.05, 0.1) is 6.54 Å². The highest BCUT2D eigenvalue weighted by molar-refractivity contribution is 5.96. The van der Waals surface area contributed by atoms with Crippen LogP contribution in [0, 0.1) is 5.82 Å². The van der Waals surface area contributed by atoms with Crippen LogP contribution < -0.4 is 5.43 Å². The molecule has 0 aliphatic heterocycles. The van der Waals surface area contributed by atoms with Crippen molar-refractivity contribution < 1.29 is 13.7 Å². The molecule has 0 atom stereocenters. The number of rotatable bonds is 4. The molecule has 3 aromatic rings. The lowest BCUT2D eigenvalue weighted by Crippen LogP contribution is -2.31. The lowest BCUT2D eigenvalue weighted by molar-refractivity contribution is 0.0779. The van der Waals surface area contributed by atoms with Crippen molar-refractivity contribution in [3.8, 4) is 0 Å². The summed E-state index contributed by atoms with van der Waals surface area (Å²) in [5.74, 6) is 0.289. The van der Waals surface area contributed by atoms with Gasteiger partial charge >= 0.3 is 0 Å². The SMILES string of the molecule is CN(Cc1noc(C2CC2)n1)C(=O)c1c[nH]c2ccc(F)cc2c1=O. The van der Waals surface area contributed by atoms with Gasteiger partial charge in [0.2, 0.25) is 11.3 Å². The van der Waals surface area contributed by atoms with E-state index < -0.39 is 17.2 Å². The van der Waals surface area contributed by atoms with Crippen LogP contribution in [0.2, 0.25) is 0 Å². The molecule has 0 spiro atoms. The van der Waals surface area contributed by atoms with Gasteiger partial charge in [-0.2, -0.15) is 4.98 Å². The second-order valence-corrected chi connectivity index (χ2v) is 6.21. The number of aromatic nitrogens is 3. The standard InChI is InChI=1S/C17H15FN4O3/c1-22(8-14-20-16(25-21-14)9-2-3-9)17(24)12-7-19-13-5-4-10(18)6-11(13)15(12)23/h4-7,9H,2-3,8H2,1H3,(H,19,23). The number of carbonyl (C=O) groups is 1. The number of hydrogen-bond donors (Lipinski definition) is 1. The number of amides is 1. The highest BCUT2D eigenvalue weighted by Gasteiger charge is 2.30. The summed E-state index contributed by atoms with van der Waals surface area (Å²) in [6.07, 6.45) is 3.42. The van der Waals surface area contributed by atoms with Crippen molar-refractivity contribution in [1.29, 1.82) is 0 Å². The van der Waals surface area contributed by atoms with Crippen molar-refractivity contribution in [2.75, 3.05) is 7.05 Å². The summed E-state index contributed by atoms with van der Waals surface area (Å²) in [4.78, 5) is 33.5. The molecule has 1 aliphatic carbocycles. The van der Waals surface area contributed by atoms with E-state index in [2.05, 4.69) is 15.1 Å². The molecule has 1 aliphatic rings. The van der Waals surface area contributed by atoms with Crippen LogP contribution in [-0.4, -0.2) is 33.0 Å². The smallest absolute Gasteiger partial charge is 0.259 e. The third kappa shape index (κ3) is 2.90. The molecule has 128 valence electrons. The molecule has 4 rings (SSSR count). The molecule has 1 fully saturated rings. The molecule has 8 heteroatoms. The molecule has 2 heterocycles. The van der Waals surface area contributed by atoms with E-state index in [0.717, 1.165) is 18.9 Å². The van der Waals surface area contributed by atoms with Crippen molar-refractivity contribution in [1.82, 2.24) is 20.0 Å². The van der Waals surface area contributed by atoms with Crippen molar-refractivity contribution in [3.63, 3.8) is 0 Å². The minimum absolute atomic E-state index is 0.0634. The average Bonchev–Trinajstić information content (AvgIpc) is 3.35. The first kappa shape index (κ1) is 15.5. The first-order valence-corrected chi connectivity index (χ1v) is 7.92. The van der Waals surface area contributed by atoms with Crippen LogP contribution in [-0.2, 0) is 6.54 Å². The molecule has 0 radical (unpaired) electrons. The maximum atomic E-state index is 13.4. The highest BCUT2D eigenvalue weighted by Crippen LogP contribution is 2.38. The third-order valence-electron chi connectivity index (χ3n) is 4.21. The lowest BCUT2D eigenvalue weighted by atomic mass is 10.1. The zero-order chi connectivity index (χ0) is 17.6. The predicted octanol–water partition coefficient (Wildman–Crippen LogP) is 2.20. The Labute approximate surface area is 141 Å². The van der Waals surface area contributed by atoms with Gasteiger partial charge in [0.25, 0.3) is 5.91 Å². The summed E-state index contributed by atoms with van der Waals surface area (Å²) < 4.78 is 18.6. The minimum atomic E-state index is -0.532. The fraction of sp³-hybridized carbons (Fsp3) is 0.294. The first-order chi connectivity index (χ1) is 12.0. The monoisotopic (exact) mass is 342 g/mol. The Hall–Kier alpha value is -3.03. The van der Waals surface area contributed by atoms with E-state index >= 15 is 0 Å².